The van der Waals surface area contributed by atoms with Gasteiger partial charge in [0.15, 0.2) is 0 Å². The van der Waals surface area contributed by atoms with E-state index in [1.807, 2.05) is 0 Å². The second-order valence-corrected chi connectivity index (χ2v) is 13.3. The Morgan fingerprint density at radius 2 is 1.19 bits per heavy atom. The van der Waals surface area contributed by atoms with E-state index in [9.17, 15) is 0 Å². The fourth-order valence-electron chi connectivity index (χ4n) is 9.35. The van der Waals surface area contributed by atoms with E-state index < -0.39 is 0 Å². The van der Waals surface area contributed by atoms with E-state index in [-0.39, 0.29) is 12.8 Å². The van der Waals surface area contributed by atoms with Crippen molar-refractivity contribution >= 4 is 78.2 Å². The number of benzene rings is 6. The normalized spacial score (nSPS) is 16.8. The van der Waals surface area contributed by atoms with Crippen LogP contribution >= 0.6 is 0 Å². The quantitative estimate of drug-likeness (QED) is 0.173. The monoisotopic (exact) mass is 595 g/mol. The predicted molar refractivity (Wildman–Crippen MR) is 198 cm³/mol. The van der Waals surface area contributed by atoms with E-state index in [0.29, 0.717) is 0 Å². The number of hydrogen-bond donors (Lipinski definition) is 0. The van der Waals surface area contributed by atoms with E-state index in [1.165, 1.54) is 93.9 Å². The number of para-hydroxylation sites is 5. The van der Waals surface area contributed by atoms with E-state index in [4.69, 9.17) is 0 Å². The van der Waals surface area contributed by atoms with Gasteiger partial charge in [0.2, 0.25) is 6.71 Å². The molecule has 0 spiro atoms. The predicted octanol–water partition coefficient (Wildman–Crippen LogP) is 8.76. The molecule has 4 aliphatic rings. The summed E-state index contributed by atoms with van der Waals surface area (Å²) in [5.74, 6) is 0. The first-order chi connectivity index (χ1) is 23.3. The SMILES string of the molecule is C1=CC2=CC3C(=C1)c1ccccc1N3c1cc(-n3c4ccccc4c4ccccc43)cc3c1B2c1cccc2c4ccccc4n-3c12. The van der Waals surface area contributed by atoms with Crippen LogP contribution < -0.4 is 15.8 Å². The van der Waals surface area contributed by atoms with Crippen molar-refractivity contribution in [3.05, 3.63) is 163 Å². The molecule has 3 nitrogen and oxygen atoms in total. The van der Waals surface area contributed by atoms with E-state index in [1.54, 1.807) is 0 Å². The lowest BCUT2D eigenvalue weighted by atomic mass is 9.34. The van der Waals surface area contributed by atoms with Gasteiger partial charge in [0.05, 0.1) is 28.3 Å². The van der Waals surface area contributed by atoms with Gasteiger partial charge in [-0.25, -0.2) is 0 Å². The molecule has 6 aromatic carbocycles. The Kier molecular flexibility index (Phi) is 4.35. The summed E-state index contributed by atoms with van der Waals surface area (Å²) in [6.45, 7) is 0.120. The van der Waals surface area contributed by atoms with Crippen LogP contribution in [0.3, 0.4) is 0 Å². The van der Waals surface area contributed by atoms with Crippen LogP contribution in [0.1, 0.15) is 5.56 Å². The Bertz CT molecular complexity index is 2770. The first-order valence-electron chi connectivity index (χ1n) is 16.5. The van der Waals surface area contributed by atoms with E-state index in [2.05, 4.69) is 166 Å². The zero-order valence-corrected chi connectivity index (χ0v) is 25.4. The van der Waals surface area contributed by atoms with Gasteiger partial charge in [-0.15, -0.1) is 0 Å². The molecule has 0 amide bonds. The Morgan fingerprint density at radius 1 is 0.553 bits per heavy atom. The summed E-state index contributed by atoms with van der Waals surface area (Å²) in [4.78, 5) is 2.63. The summed E-state index contributed by atoms with van der Waals surface area (Å²) >= 11 is 0. The molecule has 8 aromatic rings. The van der Waals surface area contributed by atoms with Gasteiger partial charge in [-0.3, -0.25) is 0 Å². The summed E-state index contributed by atoms with van der Waals surface area (Å²) in [6.07, 6.45) is 9.54. The maximum Gasteiger partial charge on any atom is 0.249 e. The first kappa shape index (κ1) is 24.3. The van der Waals surface area contributed by atoms with Crippen molar-refractivity contribution in [2.45, 2.75) is 6.04 Å². The number of rotatable bonds is 1. The molecule has 5 heterocycles. The molecule has 2 bridgehead atoms. The molecule has 4 heteroatoms. The third-order valence-corrected chi connectivity index (χ3v) is 11.1. The van der Waals surface area contributed by atoms with Gasteiger partial charge in [-0.1, -0.05) is 121 Å². The standard InChI is InChI=1S/C43H26BN3/c1-5-19-35-28(12-1)29-13-2-6-20-36(29)45(35)27-24-40-42-41(25-27)47-38-22-8-4-15-32(38)33-17-10-18-34(43(33)47)44(42)26-11-9-16-31-30-14-3-7-21-37(30)46(40)39(31)23-26/h1-25,39H. The van der Waals surface area contributed by atoms with Gasteiger partial charge in [0.25, 0.3) is 0 Å². The van der Waals surface area contributed by atoms with Crippen molar-refractivity contribution in [3.63, 3.8) is 0 Å². The summed E-state index contributed by atoms with van der Waals surface area (Å²) < 4.78 is 5.05. The molecule has 0 fully saturated rings. The Hall–Kier alpha value is -6.00. The van der Waals surface area contributed by atoms with E-state index in [0.717, 1.165) is 0 Å². The van der Waals surface area contributed by atoms with Crippen LogP contribution in [0, 0.1) is 0 Å². The molecule has 1 unspecified atom stereocenters. The van der Waals surface area contributed by atoms with Gasteiger partial charge in [-0.2, -0.15) is 0 Å². The average molecular weight is 596 g/mol. The minimum atomic E-state index is 0.120. The van der Waals surface area contributed by atoms with Crippen molar-refractivity contribution in [1.82, 2.24) is 9.13 Å². The number of fused-ring (bicyclic) bond motifs is 13. The van der Waals surface area contributed by atoms with Gasteiger partial charge in [0, 0.05) is 49.7 Å². The van der Waals surface area contributed by atoms with Crippen molar-refractivity contribution in [2.24, 2.45) is 0 Å². The molecule has 0 radical (unpaired) electrons. The minimum absolute atomic E-state index is 0.120. The number of nitrogens with zero attached hydrogens (tertiary/aromatic N) is 3. The first-order valence-corrected chi connectivity index (χ1v) is 16.5. The largest absolute Gasteiger partial charge is 0.330 e. The van der Waals surface area contributed by atoms with Gasteiger partial charge in [-0.05, 0) is 52.9 Å². The molecule has 0 saturated heterocycles. The number of anilines is 2. The zero-order valence-electron chi connectivity index (χ0n) is 25.4. The van der Waals surface area contributed by atoms with Crippen molar-refractivity contribution < 1.29 is 0 Å². The molecular formula is C43H26BN3. The molecule has 3 aliphatic heterocycles. The summed E-state index contributed by atoms with van der Waals surface area (Å²) in [5, 5.41) is 5.18. The second-order valence-electron chi connectivity index (χ2n) is 13.3. The van der Waals surface area contributed by atoms with Crippen LogP contribution in [-0.4, -0.2) is 21.9 Å². The lowest BCUT2D eigenvalue weighted by Crippen LogP contribution is -2.50. The molecule has 0 saturated carbocycles. The Balaban J connectivity index is 1.30. The highest BCUT2D eigenvalue weighted by molar-refractivity contribution is 6.95. The van der Waals surface area contributed by atoms with Crippen molar-refractivity contribution in [2.75, 3.05) is 4.90 Å². The highest BCUT2D eigenvalue weighted by Gasteiger charge is 2.44. The summed E-state index contributed by atoms with van der Waals surface area (Å²) in [6, 6.07) is 47.6. The number of hydrogen-bond acceptors (Lipinski definition) is 1. The van der Waals surface area contributed by atoms with Crippen LogP contribution in [0.4, 0.5) is 11.4 Å². The van der Waals surface area contributed by atoms with E-state index >= 15 is 0 Å². The molecule has 1 atom stereocenters. The lowest BCUT2D eigenvalue weighted by molar-refractivity contribution is 1.00. The zero-order chi connectivity index (χ0) is 30.4. The van der Waals surface area contributed by atoms with Crippen LogP contribution in [0.15, 0.2) is 157 Å². The topological polar surface area (TPSA) is 13.1 Å². The Morgan fingerprint density at radius 3 is 1.98 bits per heavy atom. The molecule has 1 aliphatic carbocycles. The maximum atomic E-state index is 2.63. The lowest BCUT2D eigenvalue weighted by Gasteiger charge is -2.33. The van der Waals surface area contributed by atoms with Crippen LogP contribution in [0.2, 0.25) is 0 Å². The molecular weight excluding hydrogens is 569 g/mol. The van der Waals surface area contributed by atoms with Crippen LogP contribution in [0.25, 0.3) is 60.6 Å². The maximum absolute atomic E-state index is 2.63. The third kappa shape index (κ3) is 2.87. The fraction of sp³-hybridized carbons (Fsp3) is 0.0233. The number of allylic oxidation sites excluding steroid dienone is 4. The molecule has 216 valence electrons. The minimum Gasteiger partial charge on any atom is -0.330 e. The average Bonchev–Trinajstić information content (AvgIpc) is 3.64. The smallest absolute Gasteiger partial charge is 0.249 e. The Labute approximate surface area is 271 Å². The van der Waals surface area contributed by atoms with Gasteiger partial charge in [0.1, 0.15) is 0 Å². The second kappa shape index (κ2) is 8.42. The fourth-order valence-corrected chi connectivity index (χ4v) is 9.35. The molecule has 47 heavy (non-hydrogen) atoms. The molecule has 2 aromatic heterocycles. The summed E-state index contributed by atoms with van der Waals surface area (Å²) in [7, 11) is 0. The summed E-state index contributed by atoms with van der Waals surface area (Å²) in [5.41, 5.74) is 16.9. The molecule has 0 N–H and O–H groups in total. The van der Waals surface area contributed by atoms with Crippen LogP contribution in [-0.2, 0) is 0 Å². The van der Waals surface area contributed by atoms with Gasteiger partial charge < -0.3 is 14.0 Å². The van der Waals surface area contributed by atoms with Crippen molar-refractivity contribution in [3.8, 4) is 11.4 Å². The van der Waals surface area contributed by atoms with Crippen LogP contribution in [0.5, 0.6) is 0 Å². The van der Waals surface area contributed by atoms with Gasteiger partial charge >= 0.3 is 0 Å². The highest BCUT2D eigenvalue weighted by Crippen LogP contribution is 2.49. The third-order valence-electron chi connectivity index (χ3n) is 11.1. The van der Waals surface area contributed by atoms with Crippen molar-refractivity contribution in [1.29, 1.82) is 0 Å². The number of aromatic nitrogens is 2. The highest BCUT2D eigenvalue weighted by atomic mass is 15.2. The molecule has 12 rings (SSSR count).